The summed E-state index contributed by atoms with van der Waals surface area (Å²) in [6.45, 7) is 3.45. The first-order chi connectivity index (χ1) is 9.93. The van der Waals surface area contributed by atoms with Crippen LogP contribution in [0.3, 0.4) is 0 Å². The topological polar surface area (TPSA) is 98.5 Å². The Morgan fingerprint density at radius 3 is 2.52 bits per heavy atom. The van der Waals surface area contributed by atoms with Crippen molar-refractivity contribution in [2.75, 3.05) is 6.61 Å². The molecule has 0 bridgehead atoms. The first-order valence-electron chi connectivity index (χ1n) is 6.33. The van der Waals surface area contributed by atoms with E-state index in [-0.39, 0.29) is 12.3 Å². The second kappa shape index (κ2) is 7.78. The number of non-ortho nitro benzene ring substituents is 1. The van der Waals surface area contributed by atoms with Crippen molar-refractivity contribution in [3.8, 4) is 0 Å². The zero-order chi connectivity index (χ0) is 15.8. The van der Waals surface area contributed by atoms with E-state index < -0.39 is 22.8 Å². The van der Waals surface area contributed by atoms with E-state index in [1.165, 1.54) is 43.3 Å². The van der Waals surface area contributed by atoms with Crippen LogP contribution in [0.1, 0.15) is 19.4 Å². The molecule has 0 aliphatic rings. The molecular weight excluding hydrogens is 276 g/mol. The van der Waals surface area contributed by atoms with E-state index in [0.29, 0.717) is 5.56 Å². The molecule has 0 saturated heterocycles. The summed E-state index contributed by atoms with van der Waals surface area (Å²) in [4.78, 5) is 32.9. The molecule has 0 aliphatic carbocycles. The minimum absolute atomic E-state index is 0.0208. The molecule has 1 aromatic carbocycles. The second-order valence-corrected chi connectivity index (χ2v) is 4.16. The summed E-state index contributed by atoms with van der Waals surface area (Å²) < 4.78 is 4.76. The quantitative estimate of drug-likeness (QED) is 0.372. The van der Waals surface area contributed by atoms with Crippen LogP contribution in [-0.2, 0) is 14.3 Å². The van der Waals surface area contributed by atoms with Gasteiger partial charge < -0.3 is 10.1 Å². The smallest absolute Gasteiger partial charge is 0.328 e. The average molecular weight is 292 g/mol. The minimum atomic E-state index is -0.737. The van der Waals surface area contributed by atoms with E-state index >= 15 is 0 Å². The van der Waals surface area contributed by atoms with E-state index in [2.05, 4.69) is 5.32 Å². The van der Waals surface area contributed by atoms with Crippen LogP contribution in [0.4, 0.5) is 5.69 Å². The lowest BCUT2D eigenvalue weighted by atomic mass is 10.2. The predicted octanol–water partition coefficient (Wildman–Crippen LogP) is 1.68. The van der Waals surface area contributed by atoms with E-state index in [4.69, 9.17) is 4.74 Å². The van der Waals surface area contributed by atoms with Gasteiger partial charge in [0.25, 0.3) is 5.69 Å². The summed E-state index contributed by atoms with van der Waals surface area (Å²) in [5, 5.41) is 13.0. The molecule has 112 valence electrons. The Morgan fingerprint density at radius 2 is 2.00 bits per heavy atom. The zero-order valence-electron chi connectivity index (χ0n) is 11.7. The van der Waals surface area contributed by atoms with Crippen molar-refractivity contribution < 1.29 is 19.2 Å². The highest BCUT2D eigenvalue weighted by Gasteiger charge is 2.14. The number of esters is 1. The molecule has 1 amide bonds. The third-order valence-electron chi connectivity index (χ3n) is 2.53. The Kier molecular flexibility index (Phi) is 6.06. The van der Waals surface area contributed by atoms with Crippen LogP contribution in [0.2, 0.25) is 0 Å². The number of nitro groups is 1. The number of nitro benzene ring substituents is 1. The largest absolute Gasteiger partial charge is 0.464 e. The third kappa shape index (κ3) is 5.43. The molecule has 0 radical (unpaired) electrons. The number of hydrogen-bond donors (Lipinski definition) is 1. The highest BCUT2D eigenvalue weighted by atomic mass is 16.6. The Balaban J connectivity index is 2.57. The van der Waals surface area contributed by atoms with Gasteiger partial charge in [0.15, 0.2) is 0 Å². The number of carbonyl (C=O) groups excluding carboxylic acids is 2. The second-order valence-electron chi connectivity index (χ2n) is 4.16. The highest BCUT2D eigenvalue weighted by molar-refractivity contribution is 5.94. The minimum Gasteiger partial charge on any atom is -0.464 e. The molecule has 0 saturated carbocycles. The van der Waals surface area contributed by atoms with E-state index in [1.54, 1.807) is 6.92 Å². The molecular formula is C14H16N2O5. The van der Waals surface area contributed by atoms with Gasteiger partial charge in [-0.3, -0.25) is 14.9 Å². The molecule has 0 aliphatic heterocycles. The number of nitrogens with zero attached hydrogens (tertiary/aromatic N) is 1. The summed E-state index contributed by atoms with van der Waals surface area (Å²) in [5.74, 6) is -0.955. The molecule has 1 atom stereocenters. The summed E-state index contributed by atoms with van der Waals surface area (Å²) in [6.07, 6.45) is 2.74. The maximum absolute atomic E-state index is 11.6. The Morgan fingerprint density at radius 1 is 1.38 bits per heavy atom. The highest BCUT2D eigenvalue weighted by Crippen LogP contribution is 2.12. The van der Waals surface area contributed by atoms with Gasteiger partial charge in [-0.15, -0.1) is 0 Å². The number of amides is 1. The number of nitrogens with one attached hydrogen (secondary N) is 1. The van der Waals surface area contributed by atoms with Crippen LogP contribution in [0.25, 0.3) is 6.08 Å². The third-order valence-corrected chi connectivity index (χ3v) is 2.53. The molecule has 1 aromatic rings. The van der Waals surface area contributed by atoms with Crippen LogP contribution < -0.4 is 5.32 Å². The standard InChI is InChI=1S/C14H16N2O5/c1-3-21-14(18)10(2)15-13(17)9-6-11-4-7-12(8-5-11)16(19)20/h4-10H,3H2,1-2H3,(H,15,17). The normalized spacial score (nSPS) is 11.9. The lowest BCUT2D eigenvalue weighted by molar-refractivity contribution is -0.384. The molecule has 21 heavy (non-hydrogen) atoms. The van der Waals surface area contributed by atoms with Crippen LogP contribution in [-0.4, -0.2) is 29.4 Å². The van der Waals surface area contributed by atoms with Gasteiger partial charge in [0.2, 0.25) is 5.91 Å². The molecule has 1 unspecified atom stereocenters. The molecule has 1 N–H and O–H groups in total. The summed E-state index contributed by atoms with van der Waals surface area (Å²) in [6, 6.07) is 5.00. The van der Waals surface area contributed by atoms with Crippen molar-refractivity contribution >= 4 is 23.6 Å². The molecule has 0 fully saturated rings. The summed E-state index contributed by atoms with van der Waals surface area (Å²) >= 11 is 0. The van der Waals surface area contributed by atoms with Crippen molar-refractivity contribution in [1.29, 1.82) is 0 Å². The SMILES string of the molecule is CCOC(=O)C(C)NC(=O)C=Cc1ccc([N+](=O)[O-])cc1. The van der Waals surface area contributed by atoms with Gasteiger partial charge >= 0.3 is 5.97 Å². The first-order valence-corrected chi connectivity index (χ1v) is 6.33. The molecule has 1 rings (SSSR count). The zero-order valence-corrected chi connectivity index (χ0v) is 11.7. The molecule has 7 nitrogen and oxygen atoms in total. The van der Waals surface area contributed by atoms with Crippen molar-refractivity contribution in [2.24, 2.45) is 0 Å². The maximum atomic E-state index is 11.6. The lowest BCUT2D eigenvalue weighted by Crippen LogP contribution is -2.38. The number of carbonyl (C=O) groups is 2. The fourth-order valence-electron chi connectivity index (χ4n) is 1.47. The summed E-state index contributed by atoms with van der Waals surface area (Å²) in [5.41, 5.74) is 0.618. The average Bonchev–Trinajstić information content (AvgIpc) is 2.45. The molecule has 0 heterocycles. The van der Waals surface area contributed by atoms with Crippen molar-refractivity contribution in [3.05, 3.63) is 46.0 Å². The van der Waals surface area contributed by atoms with Crippen LogP contribution in [0, 0.1) is 10.1 Å². The molecule has 7 heteroatoms. The Hall–Kier alpha value is -2.70. The van der Waals surface area contributed by atoms with Gasteiger partial charge in [-0.2, -0.15) is 0 Å². The molecule has 0 spiro atoms. The van der Waals surface area contributed by atoms with Gasteiger partial charge in [-0.1, -0.05) is 0 Å². The van der Waals surface area contributed by atoms with Crippen LogP contribution >= 0.6 is 0 Å². The first kappa shape index (κ1) is 16.4. The van der Waals surface area contributed by atoms with Crippen LogP contribution in [0.5, 0.6) is 0 Å². The number of ether oxygens (including phenoxy) is 1. The van der Waals surface area contributed by atoms with E-state index in [1.807, 2.05) is 0 Å². The number of rotatable bonds is 6. The van der Waals surface area contributed by atoms with E-state index in [9.17, 15) is 19.7 Å². The summed E-state index contributed by atoms with van der Waals surface area (Å²) in [7, 11) is 0. The van der Waals surface area contributed by atoms with Crippen molar-refractivity contribution in [3.63, 3.8) is 0 Å². The monoisotopic (exact) mass is 292 g/mol. The van der Waals surface area contributed by atoms with Crippen molar-refractivity contribution in [2.45, 2.75) is 19.9 Å². The fourth-order valence-corrected chi connectivity index (χ4v) is 1.47. The van der Waals surface area contributed by atoms with Gasteiger partial charge in [0, 0.05) is 18.2 Å². The van der Waals surface area contributed by atoms with E-state index in [0.717, 1.165) is 0 Å². The lowest BCUT2D eigenvalue weighted by Gasteiger charge is -2.10. The van der Waals surface area contributed by atoms with Gasteiger partial charge in [0.05, 0.1) is 11.5 Å². The molecule has 0 aromatic heterocycles. The van der Waals surface area contributed by atoms with Gasteiger partial charge in [-0.05, 0) is 37.6 Å². The Labute approximate surface area is 121 Å². The Bertz CT molecular complexity index is 551. The van der Waals surface area contributed by atoms with Gasteiger partial charge in [0.1, 0.15) is 6.04 Å². The predicted molar refractivity (Wildman–Crippen MR) is 76.4 cm³/mol. The van der Waals surface area contributed by atoms with Crippen LogP contribution in [0.15, 0.2) is 30.3 Å². The maximum Gasteiger partial charge on any atom is 0.328 e. The number of benzene rings is 1. The number of hydrogen-bond acceptors (Lipinski definition) is 5. The van der Waals surface area contributed by atoms with Gasteiger partial charge in [-0.25, -0.2) is 4.79 Å². The fraction of sp³-hybridized carbons (Fsp3) is 0.286. The van der Waals surface area contributed by atoms with Crippen molar-refractivity contribution in [1.82, 2.24) is 5.32 Å².